The first-order valence-corrected chi connectivity index (χ1v) is 9.05. The number of rotatable bonds is 7. The van der Waals surface area contributed by atoms with Crippen LogP contribution < -0.4 is 15.5 Å². The van der Waals surface area contributed by atoms with Crippen LogP contribution in [0.2, 0.25) is 0 Å². The number of nitrogens with one attached hydrogen (secondary N) is 2. The topological polar surface area (TPSA) is 111 Å². The first kappa shape index (κ1) is 21.1. The highest BCUT2D eigenvalue weighted by atomic mass is 16.5. The van der Waals surface area contributed by atoms with Crippen LogP contribution in [0.3, 0.4) is 0 Å². The Labute approximate surface area is 159 Å². The molecule has 150 valence electrons. The molecule has 27 heavy (non-hydrogen) atoms. The third-order valence-electron chi connectivity index (χ3n) is 4.41. The van der Waals surface area contributed by atoms with Crippen molar-refractivity contribution in [1.82, 2.24) is 10.6 Å². The summed E-state index contributed by atoms with van der Waals surface area (Å²) < 4.78 is 5.59. The summed E-state index contributed by atoms with van der Waals surface area (Å²) in [6.07, 6.45) is -3.98. The number of aliphatic hydroxyl groups excluding tert-OH is 2. The molecule has 0 aromatic heterocycles. The Hall–Kier alpha value is -2.16. The second kappa shape index (κ2) is 9.16. The number of hydrogen-bond donors (Lipinski definition) is 4. The number of aliphatic hydroxyl groups is 2. The summed E-state index contributed by atoms with van der Waals surface area (Å²) in [5.74, 6) is -0.557. The molecule has 2 amide bonds. The summed E-state index contributed by atoms with van der Waals surface area (Å²) in [6.45, 7) is 3.71. The lowest BCUT2D eigenvalue weighted by Gasteiger charge is -2.16. The SMILES string of the molecule is CC(C)NC(=O)CC1OC(CNC(=O)c2ccc(N(C)C)cc2)C(O)C1O. The van der Waals surface area contributed by atoms with Crippen molar-refractivity contribution in [2.45, 2.75) is 50.7 Å². The Kier molecular flexibility index (Phi) is 7.18. The van der Waals surface area contributed by atoms with Crippen molar-refractivity contribution in [3.05, 3.63) is 29.8 Å². The fourth-order valence-electron chi connectivity index (χ4n) is 2.93. The minimum atomic E-state index is -1.18. The van der Waals surface area contributed by atoms with Gasteiger partial charge in [0.25, 0.3) is 5.91 Å². The zero-order valence-electron chi connectivity index (χ0n) is 16.2. The lowest BCUT2D eigenvalue weighted by Crippen LogP contribution is -2.40. The Morgan fingerprint density at radius 1 is 1.11 bits per heavy atom. The maximum atomic E-state index is 12.3. The molecule has 8 nitrogen and oxygen atoms in total. The third kappa shape index (κ3) is 5.66. The molecule has 1 aromatic carbocycles. The molecule has 4 unspecified atom stereocenters. The maximum absolute atomic E-state index is 12.3. The first-order valence-electron chi connectivity index (χ1n) is 9.05. The molecule has 0 aliphatic carbocycles. The minimum Gasteiger partial charge on any atom is -0.388 e. The van der Waals surface area contributed by atoms with Crippen LogP contribution in [0.4, 0.5) is 5.69 Å². The van der Waals surface area contributed by atoms with E-state index in [1.54, 1.807) is 12.1 Å². The number of benzene rings is 1. The Morgan fingerprint density at radius 3 is 2.26 bits per heavy atom. The van der Waals surface area contributed by atoms with E-state index in [9.17, 15) is 19.8 Å². The van der Waals surface area contributed by atoms with Gasteiger partial charge in [-0.3, -0.25) is 9.59 Å². The maximum Gasteiger partial charge on any atom is 0.251 e. The molecule has 1 aliphatic rings. The standard InChI is InChI=1S/C19H29N3O5/c1-11(2)21-16(23)9-14-17(24)18(25)15(27-14)10-20-19(26)12-5-7-13(8-6-12)22(3)4/h5-8,11,14-15,17-18,24-25H,9-10H2,1-4H3,(H,20,26)(H,21,23). The Balaban J connectivity index is 1.87. The molecule has 1 heterocycles. The van der Waals surface area contributed by atoms with E-state index < -0.39 is 24.4 Å². The largest absolute Gasteiger partial charge is 0.388 e. The quantitative estimate of drug-likeness (QED) is 0.526. The van der Waals surface area contributed by atoms with E-state index in [1.165, 1.54) is 0 Å². The molecule has 0 radical (unpaired) electrons. The van der Waals surface area contributed by atoms with Crippen molar-refractivity contribution in [2.24, 2.45) is 0 Å². The second-order valence-corrected chi connectivity index (χ2v) is 7.27. The van der Waals surface area contributed by atoms with Crippen LogP contribution >= 0.6 is 0 Å². The number of nitrogens with zero attached hydrogens (tertiary/aromatic N) is 1. The van der Waals surface area contributed by atoms with E-state index in [4.69, 9.17) is 4.74 Å². The first-order chi connectivity index (χ1) is 12.7. The van der Waals surface area contributed by atoms with E-state index in [-0.39, 0.29) is 30.8 Å². The minimum absolute atomic E-state index is 0.0186. The normalized spacial score (nSPS) is 24.7. The summed E-state index contributed by atoms with van der Waals surface area (Å²) in [7, 11) is 3.83. The molecule has 0 spiro atoms. The van der Waals surface area contributed by atoms with Gasteiger partial charge in [0.05, 0.1) is 12.5 Å². The Bertz CT molecular complexity index is 647. The van der Waals surface area contributed by atoms with Crippen LogP contribution in [0.5, 0.6) is 0 Å². The lowest BCUT2D eigenvalue weighted by atomic mass is 10.1. The highest BCUT2D eigenvalue weighted by Gasteiger charge is 2.43. The molecule has 4 atom stereocenters. The van der Waals surface area contributed by atoms with Gasteiger partial charge in [0, 0.05) is 37.9 Å². The zero-order chi connectivity index (χ0) is 20.1. The predicted molar refractivity (Wildman–Crippen MR) is 102 cm³/mol. The van der Waals surface area contributed by atoms with Gasteiger partial charge in [-0.1, -0.05) is 0 Å². The van der Waals surface area contributed by atoms with Gasteiger partial charge in [-0.25, -0.2) is 0 Å². The van der Waals surface area contributed by atoms with Gasteiger partial charge >= 0.3 is 0 Å². The van der Waals surface area contributed by atoms with Crippen LogP contribution in [-0.2, 0) is 9.53 Å². The molecule has 1 fully saturated rings. The van der Waals surface area contributed by atoms with Crippen molar-refractivity contribution >= 4 is 17.5 Å². The van der Waals surface area contributed by atoms with Gasteiger partial charge in [-0.2, -0.15) is 0 Å². The number of carbonyl (C=O) groups is 2. The van der Waals surface area contributed by atoms with Gasteiger partial charge in [-0.05, 0) is 38.1 Å². The molecular weight excluding hydrogens is 350 g/mol. The molecule has 0 bridgehead atoms. The van der Waals surface area contributed by atoms with Crippen molar-refractivity contribution in [3.63, 3.8) is 0 Å². The monoisotopic (exact) mass is 379 g/mol. The molecule has 4 N–H and O–H groups in total. The van der Waals surface area contributed by atoms with Crippen molar-refractivity contribution in [1.29, 1.82) is 0 Å². The van der Waals surface area contributed by atoms with Crippen molar-refractivity contribution in [2.75, 3.05) is 25.5 Å². The van der Waals surface area contributed by atoms with Crippen LogP contribution in [0.1, 0.15) is 30.6 Å². The fraction of sp³-hybridized carbons (Fsp3) is 0.579. The fourth-order valence-corrected chi connectivity index (χ4v) is 2.93. The van der Waals surface area contributed by atoms with Crippen molar-refractivity contribution < 1.29 is 24.5 Å². The molecule has 1 saturated heterocycles. The van der Waals surface area contributed by atoms with Crippen LogP contribution in [0.25, 0.3) is 0 Å². The van der Waals surface area contributed by atoms with Gasteiger partial charge in [0.2, 0.25) is 5.91 Å². The highest BCUT2D eigenvalue weighted by Crippen LogP contribution is 2.23. The number of ether oxygens (including phenoxy) is 1. The summed E-state index contributed by atoms with van der Waals surface area (Å²) in [5, 5.41) is 25.7. The summed E-state index contributed by atoms with van der Waals surface area (Å²) in [4.78, 5) is 26.0. The van der Waals surface area contributed by atoms with E-state index in [0.717, 1.165) is 5.69 Å². The summed E-state index contributed by atoms with van der Waals surface area (Å²) >= 11 is 0. The van der Waals surface area contributed by atoms with Crippen molar-refractivity contribution in [3.8, 4) is 0 Å². The summed E-state index contributed by atoms with van der Waals surface area (Å²) in [6, 6.07) is 7.08. The summed E-state index contributed by atoms with van der Waals surface area (Å²) in [5.41, 5.74) is 1.47. The number of anilines is 1. The average molecular weight is 379 g/mol. The van der Waals surface area contributed by atoms with E-state index in [1.807, 2.05) is 45.0 Å². The second-order valence-electron chi connectivity index (χ2n) is 7.27. The van der Waals surface area contributed by atoms with Crippen LogP contribution in [-0.4, -0.2) is 73.1 Å². The van der Waals surface area contributed by atoms with Crippen LogP contribution in [0, 0.1) is 0 Å². The smallest absolute Gasteiger partial charge is 0.251 e. The molecular formula is C19H29N3O5. The number of amides is 2. The Morgan fingerprint density at radius 2 is 1.70 bits per heavy atom. The van der Waals surface area contributed by atoms with Gasteiger partial charge in [0.15, 0.2) is 0 Å². The van der Waals surface area contributed by atoms with Crippen LogP contribution in [0.15, 0.2) is 24.3 Å². The lowest BCUT2D eigenvalue weighted by molar-refractivity contribution is -0.125. The average Bonchev–Trinajstić information content (AvgIpc) is 2.87. The van der Waals surface area contributed by atoms with Gasteiger partial charge in [-0.15, -0.1) is 0 Å². The predicted octanol–water partition coefficient (Wildman–Crippen LogP) is -0.114. The highest BCUT2D eigenvalue weighted by molar-refractivity contribution is 5.94. The molecule has 1 aromatic rings. The van der Waals surface area contributed by atoms with E-state index in [2.05, 4.69) is 10.6 Å². The van der Waals surface area contributed by atoms with Gasteiger partial charge in [0.1, 0.15) is 18.3 Å². The molecule has 1 aliphatic heterocycles. The zero-order valence-corrected chi connectivity index (χ0v) is 16.2. The number of carbonyl (C=O) groups excluding carboxylic acids is 2. The molecule has 2 rings (SSSR count). The molecule has 8 heteroatoms. The van der Waals surface area contributed by atoms with E-state index in [0.29, 0.717) is 5.56 Å². The van der Waals surface area contributed by atoms with E-state index >= 15 is 0 Å². The number of hydrogen-bond acceptors (Lipinski definition) is 6. The van der Waals surface area contributed by atoms with Gasteiger partial charge < -0.3 is 30.5 Å². The third-order valence-corrected chi connectivity index (χ3v) is 4.41. The molecule has 0 saturated carbocycles.